The van der Waals surface area contributed by atoms with Crippen molar-refractivity contribution in [1.82, 2.24) is 15.2 Å². The smallest absolute Gasteiger partial charge is 0.356 e. The predicted molar refractivity (Wildman–Crippen MR) is 92.7 cm³/mol. The van der Waals surface area contributed by atoms with Gasteiger partial charge in [0.1, 0.15) is 11.4 Å². The number of anilines is 1. The average Bonchev–Trinajstić information content (AvgIpc) is 3.17. The van der Waals surface area contributed by atoms with Gasteiger partial charge in [0.25, 0.3) is 5.91 Å². The molecule has 2 aromatic heterocycles. The molecule has 1 aliphatic carbocycles. The first-order chi connectivity index (χ1) is 12.1. The number of nitrogens with one attached hydrogen (secondary N) is 1. The number of aromatic amines is 1. The van der Waals surface area contributed by atoms with Crippen molar-refractivity contribution >= 4 is 17.7 Å². The van der Waals surface area contributed by atoms with Crippen molar-refractivity contribution in [3.05, 3.63) is 41.3 Å². The van der Waals surface area contributed by atoms with Crippen LogP contribution in [0.15, 0.2) is 24.3 Å². The monoisotopic (exact) mass is 342 g/mol. The molecule has 0 spiro atoms. The number of pyridine rings is 1. The maximum Gasteiger partial charge on any atom is 0.356 e. The molecule has 2 aromatic rings. The minimum absolute atomic E-state index is 0.103. The summed E-state index contributed by atoms with van der Waals surface area (Å²) in [5, 5.41) is 7.34. The summed E-state index contributed by atoms with van der Waals surface area (Å²) in [7, 11) is 2.93. The van der Waals surface area contributed by atoms with E-state index >= 15 is 0 Å². The fraction of sp³-hybridized carbons (Fsp3) is 0.444. The molecule has 7 heteroatoms. The van der Waals surface area contributed by atoms with Crippen LogP contribution in [-0.4, -0.2) is 41.2 Å². The van der Waals surface area contributed by atoms with Gasteiger partial charge in [0, 0.05) is 24.7 Å². The summed E-state index contributed by atoms with van der Waals surface area (Å²) >= 11 is 0. The first-order valence-corrected chi connectivity index (χ1v) is 8.49. The van der Waals surface area contributed by atoms with Gasteiger partial charge < -0.3 is 4.74 Å². The number of hydrogen-bond donors (Lipinski definition) is 1. The second-order valence-electron chi connectivity index (χ2n) is 6.28. The van der Waals surface area contributed by atoms with Gasteiger partial charge in [0.15, 0.2) is 5.82 Å². The number of carbonyl (C=O) groups is 2. The van der Waals surface area contributed by atoms with Gasteiger partial charge in [-0.15, -0.1) is 0 Å². The lowest BCUT2D eigenvalue weighted by molar-refractivity contribution is 0.0594. The molecular formula is C18H22N4O3. The van der Waals surface area contributed by atoms with Crippen LogP contribution in [0.3, 0.4) is 0 Å². The van der Waals surface area contributed by atoms with Gasteiger partial charge in [0.05, 0.1) is 7.11 Å². The van der Waals surface area contributed by atoms with Gasteiger partial charge >= 0.3 is 5.97 Å². The van der Waals surface area contributed by atoms with Crippen molar-refractivity contribution in [3.8, 4) is 0 Å². The van der Waals surface area contributed by atoms with Crippen LogP contribution >= 0.6 is 0 Å². The molecule has 1 fully saturated rings. The quantitative estimate of drug-likeness (QED) is 0.863. The number of methoxy groups -OCH3 is 1. The minimum Gasteiger partial charge on any atom is -0.464 e. The zero-order chi connectivity index (χ0) is 17.8. The van der Waals surface area contributed by atoms with Gasteiger partial charge in [-0.2, -0.15) is 5.10 Å². The summed E-state index contributed by atoms with van der Waals surface area (Å²) in [6.07, 6.45) is 6.07. The summed E-state index contributed by atoms with van der Waals surface area (Å²) < 4.78 is 4.64. The molecule has 1 N–H and O–H groups in total. The molecule has 1 aliphatic rings. The number of ether oxygens (including phenoxy) is 1. The number of aromatic nitrogens is 3. The van der Waals surface area contributed by atoms with E-state index in [0.29, 0.717) is 11.7 Å². The van der Waals surface area contributed by atoms with Gasteiger partial charge in [-0.1, -0.05) is 25.3 Å². The summed E-state index contributed by atoms with van der Waals surface area (Å²) in [6, 6.07) is 6.62. The maximum absolute atomic E-state index is 12.7. The van der Waals surface area contributed by atoms with Crippen molar-refractivity contribution in [2.75, 3.05) is 19.1 Å². The summed E-state index contributed by atoms with van der Waals surface area (Å²) in [6.45, 7) is 0. The molecule has 0 bridgehead atoms. The predicted octanol–water partition coefficient (Wildman–Crippen LogP) is 2.92. The molecule has 0 aromatic carbocycles. The van der Waals surface area contributed by atoms with Gasteiger partial charge in [-0.05, 0) is 25.0 Å². The van der Waals surface area contributed by atoms with Crippen LogP contribution in [0.2, 0.25) is 0 Å². The van der Waals surface area contributed by atoms with Crippen LogP contribution in [0, 0.1) is 0 Å². The number of hydrogen-bond acceptors (Lipinski definition) is 5. The Hall–Kier alpha value is -2.70. The molecule has 25 heavy (non-hydrogen) atoms. The third-order valence-electron chi connectivity index (χ3n) is 4.64. The first kappa shape index (κ1) is 17.1. The molecule has 2 heterocycles. The molecule has 0 unspecified atom stereocenters. The number of H-pyrrole nitrogens is 1. The van der Waals surface area contributed by atoms with E-state index in [0.717, 1.165) is 18.5 Å². The van der Waals surface area contributed by atoms with Gasteiger partial charge in [-0.3, -0.25) is 14.8 Å². The summed E-state index contributed by atoms with van der Waals surface area (Å²) in [5.74, 6) is 0.138. The lowest BCUT2D eigenvalue weighted by Crippen LogP contribution is -2.28. The molecule has 7 nitrogen and oxygen atoms in total. The molecule has 1 saturated carbocycles. The van der Waals surface area contributed by atoms with E-state index in [4.69, 9.17) is 0 Å². The highest BCUT2D eigenvalue weighted by atomic mass is 16.5. The highest BCUT2D eigenvalue weighted by Crippen LogP contribution is 2.32. The SMILES string of the molecule is COC(=O)c1cccc(C(=O)N(C)c2cc(C3CCCCC3)[nH]n2)n1. The Kier molecular flexibility index (Phi) is 5.11. The highest BCUT2D eigenvalue weighted by Gasteiger charge is 2.22. The number of nitrogens with zero attached hydrogens (tertiary/aromatic N) is 3. The van der Waals surface area contributed by atoms with E-state index in [-0.39, 0.29) is 17.3 Å². The summed E-state index contributed by atoms with van der Waals surface area (Å²) in [4.78, 5) is 29.8. The molecule has 0 aliphatic heterocycles. The molecule has 0 saturated heterocycles. The Bertz CT molecular complexity index is 765. The van der Waals surface area contributed by atoms with Crippen LogP contribution < -0.4 is 4.90 Å². The van der Waals surface area contributed by atoms with Crippen molar-refractivity contribution < 1.29 is 14.3 Å². The van der Waals surface area contributed by atoms with Crippen molar-refractivity contribution in [3.63, 3.8) is 0 Å². The number of rotatable bonds is 4. The van der Waals surface area contributed by atoms with Gasteiger partial charge in [0.2, 0.25) is 0 Å². The normalized spacial score (nSPS) is 15.0. The van der Waals surface area contributed by atoms with Crippen molar-refractivity contribution in [2.45, 2.75) is 38.0 Å². The number of esters is 1. The topological polar surface area (TPSA) is 88.2 Å². The Morgan fingerprint density at radius 3 is 2.64 bits per heavy atom. The van der Waals surface area contributed by atoms with Crippen LogP contribution in [0.4, 0.5) is 5.82 Å². The maximum atomic E-state index is 12.7. The molecule has 132 valence electrons. The van der Waals surface area contributed by atoms with Crippen LogP contribution in [-0.2, 0) is 4.74 Å². The largest absolute Gasteiger partial charge is 0.464 e. The second kappa shape index (κ2) is 7.46. The number of amides is 1. The van der Waals surface area contributed by atoms with E-state index < -0.39 is 5.97 Å². The van der Waals surface area contributed by atoms with Crippen LogP contribution in [0.1, 0.15) is 64.7 Å². The van der Waals surface area contributed by atoms with E-state index in [9.17, 15) is 9.59 Å². The fourth-order valence-electron chi connectivity index (χ4n) is 3.17. The van der Waals surface area contributed by atoms with Crippen molar-refractivity contribution in [2.24, 2.45) is 0 Å². The Morgan fingerprint density at radius 2 is 1.92 bits per heavy atom. The zero-order valence-electron chi connectivity index (χ0n) is 14.5. The van der Waals surface area contributed by atoms with E-state index in [1.807, 2.05) is 6.07 Å². The first-order valence-electron chi connectivity index (χ1n) is 8.49. The minimum atomic E-state index is -0.573. The number of carbonyl (C=O) groups excluding carboxylic acids is 2. The Morgan fingerprint density at radius 1 is 1.20 bits per heavy atom. The lowest BCUT2D eigenvalue weighted by Gasteiger charge is -2.19. The van der Waals surface area contributed by atoms with Gasteiger partial charge in [-0.25, -0.2) is 9.78 Å². The molecule has 3 rings (SSSR count). The fourth-order valence-corrected chi connectivity index (χ4v) is 3.17. The Balaban J connectivity index is 1.76. The van der Waals surface area contributed by atoms with E-state index in [1.165, 1.54) is 37.3 Å². The molecular weight excluding hydrogens is 320 g/mol. The lowest BCUT2D eigenvalue weighted by atomic mass is 9.87. The second-order valence-corrected chi connectivity index (χ2v) is 6.28. The molecule has 1 amide bonds. The molecule has 0 atom stereocenters. The van der Waals surface area contributed by atoms with E-state index in [1.54, 1.807) is 19.2 Å². The molecule has 0 radical (unpaired) electrons. The third-order valence-corrected chi connectivity index (χ3v) is 4.64. The van der Waals surface area contributed by atoms with Crippen molar-refractivity contribution in [1.29, 1.82) is 0 Å². The van der Waals surface area contributed by atoms with E-state index in [2.05, 4.69) is 19.9 Å². The zero-order valence-corrected chi connectivity index (χ0v) is 14.5. The average molecular weight is 342 g/mol. The Labute approximate surface area is 146 Å². The third kappa shape index (κ3) is 3.70. The standard InChI is InChI=1S/C18H22N4O3/c1-22(16-11-15(20-21-16)12-7-4-3-5-8-12)17(23)13-9-6-10-14(19-13)18(24)25-2/h6,9-12H,3-5,7-8H2,1-2H3,(H,20,21). The highest BCUT2D eigenvalue weighted by molar-refractivity contribution is 6.04. The van der Waals surface area contributed by atoms with Crippen LogP contribution in [0.25, 0.3) is 0 Å². The van der Waals surface area contributed by atoms with Crippen LogP contribution in [0.5, 0.6) is 0 Å². The summed E-state index contributed by atoms with van der Waals surface area (Å²) in [5.41, 5.74) is 1.35.